The molecule has 1 aromatic heterocycles. The molecule has 3 aromatic carbocycles. The van der Waals surface area contributed by atoms with Crippen LogP contribution < -0.4 is 14.8 Å². The summed E-state index contributed by atoms with van der Waals surface area (Å²) in [6.45, 7) is 6.17. The summed E-state index contributed by atoms with van der Waals surface area (Å²) in [6.07, 6.45) is 1.87. The molecule has 0 saturated heterocycles. The molecule has 1 N–H and O–H groups in total. The van der Waals surface area contributed by atoms with E-state index < -0.39 is 0 Å². The van der Waals surface area contributed by atoms with Gasteiger partial charge in [-0.05, 0) is 60.7 Å². The Bertz CT molecular complexity index is 1220. The number of imidazole rings is 1. The topological polar surface area (TPSA) is 65.4 Å². The van der Waals surface area contributed by atoms with E-state index in [1.807, 2.05) is 60.7 Å². The second kappa shape index (κ2) is 12.1. The van der Waals surface area contributed by atoms with E-state index in [1.54, 1.807) is 0 Å². The van der Waals surface area contributed by atoms with E-state index in [1.165, 1.54) is 5.56 Å². The third-order valence-electron chi connectivity index (χ3n) is 5.88. The fourth-order valence-corrected chi connectivity index (χ4v) is 3.92. The molecule has 182 valence electrons. The maximum Gasteiger partial charge on any atom is 0.258 e. The molecule has 0 aliphatic rings. The van der Waals surface area contributed by atoms with Gasteiger partial charge < -0.3 is 19.4 Å². The van der Waals surface area contributed by atoms with Gasteiger partial charge in [0.1, 0.15) is 17.3 Å². The van der Waals surface area contributed by atoms with Gasteiger partial charge in [0.25, 0.3) is 5.91 Å². The molecule has 0 aliphatic heterocycles. The molecule has 0 atom stereocenters. The summed E-state index contributed by atoms with van der Waals surface area (Å²) in [5, 5.41) is 2.93. The van der Waals surface area contributed by atoms with Crippen LogP contribution in [0.5, 0.6) is 11.5 Å². The normalized spacial score (nSPS) is 11.1. The van der Waals surface area contributed by atoms with Crippen LogP contribution in [-0.4, -0.2) is 28.7 Å². The molecule has 1 heterocycles. The van der Waals surface area contributed by atoms with Crippen LogP contribution in [0.25, 0.3) is 11.0 Å². The number of amides is 1. The largest absolute Gasteiger partial charge is 0.494 e. The number of nitrogens with one attached hydrogen (secondary N) is 1. The first-order valence-corrected chi connectivity index (χ1v) is 12.2. The summed E-state index contributed by atoms with van der Waals surface area (Å²) >= 11 is 0. The molecule has 4 rings (SSSR count). The van der Waals surface area contributed by atoms with Crippen LogP contribution in [0, 0.1) is 0 Å². The maximum atomic E-state index is 12.3. The van der Waals surface area contributed by atoms with E-state index in [2.05, 4.69) is 41.9 Å². The molecule has 1 amide bonds. The molecule has 0 fully saturated rings. The van der Waals surface area contributed by atoms with Gasteiger partial charge in [-0.1, -0.05) is 56.3 Å². The Morgan fingerprint density at radius 2 is 1.60 bits per heavy atom. The van der Waals surface area contributed by atoms with Gasteiger partial charge in [-0.3, -0.25) is 4.79 Å². The highest BCUT2D eigenvalue weighted by Crippen LogP contribution is 2.20. The van der Waals surface area contributed by atoms with Gasteiger partial charge in [0.2, 0.25) is 0 Å². The Hall–Kier alpha value is -3.80. The minimum absolute atomic E-state index is 0.0280. The summed E-state index contributed by atoms with van der Waals surface area (Å²) < 4.78 is 13.6. The fraction of sp³-hybridized carbons (Fsp3) is 0.310. The Morgan fingerprint density at radius 1 is 0.886 bits per heavy atom. The summed E-state index contributed by atoms with van der Waals surface area (Å²) in [6, 6.07) is 25.7. The molecular weight excluding hydrogens is 438 g/mol. The number of unbranched alkanes of at least 4 members (excludes halogenated alkanes) is 1. The van der Waals surface area contributed by atoms with Gasteiger partial charge in [0, 0.05) is 6.54 Å². The zero-order valence-corrected chi connectivity index (χ0v) is 20.4. The second-order valence-electron chi connectivity index (χ2n) is 8.83. The van der Waals surface area contributed by atoms with Crippen molar-refractivity contribution in [2.45, 2.75) is 45.7 Å². The standard InChI is InChI=1S/C29H33N3O3/c1-22(2)23-14-16-25(17-15-23)34-19-9-8-18-32-27-13-7-6-12-26(27)31-28(32)20-30-29(33)21-35-24-10-4-3-5-11-24/h3-7,10-17,22H,8-9,18-21H2,1-2H3,(H,30,33). The predicted octanol–water partition coefficient (Wildman–Crippen LogP) is 5.71. The first kappa shape index (κ1) is 24.3. The number of carbonyl (C=O) groups is 1. The summed E-state index contributed by atoms with van der Waals surface area (Å²) in [5.41, 5.74) is 3.32. The van der Waals surface area contributed by atoms with Crippen molar-refractivity contribution < 1.29 is 14.3 Å². The number of benzene rings is 3. The monoisotopic (exact) mass is 471 g/mol. The van der Waals surface area contributed by atoms with Crippen molar-refractivity contribution in [3.8, 4) is 11.5 Å². The van der Waals surface area contributed by atoms with E-state index in [9.17, 15) is 4.79 Å². The quantitative estimate of drug-likeness (QED) is 0.269. The SMILES string of the molecule is CC(C)c1ccc(OCCCCn2c(CNC(=O)COc3ccccc3)nc3ccccc32)cc1. The third-order valence-corrected chi connectivity index (χ3v) is 5.88. The first-order valence-electron chi connectivity index (χ1n) is 12.2. The van der Waals surface area contributed by atoms with Crippen molar-refractivity contribution in [2.24, 2.45) is 0 Å². The minimum atomic E-state index is -0.177. The number of carbonyl (C=O) groups excluding carboxylic acids is 1. The summed E-state index contributed by atoms with van der Waals surface area (Å²) in [4.78, 5) is 17.1. The van der Waals surface area contributed by atoms with E-state index in [-0.39, 0.29) is 12.5 Å². The highest BCUT2D eigenvalue weighted by atomic mass is 16.5. The molecule has 6 heteroatoms. The highest BCUT2D eigenvalue weighted by molar-refractivity contribution is 5.78. The highest BCUT2D eigenvalue weighted by Gasteiger charge is 2.12. The maximum absolute atomic E-state index is 12.3. The smallest absolute Gasteiger partial charge is 0.258 e. The van der Waals surface area contributed by atoms with Crippen LogP contribution in [0.15, 0.2) is 78.9 Å². The number of ether oxygens (including phenoxy) is 2. The number of hydrogen-bond acceptors (Lipinski definition) is 4. The molecule has 6 nitrogen and oxygen atoms in total. The number of rotatable bonds is 12. The van der Waals surface area contributed by atoms with Crippen molar-refractivity contribution in [1.82, 2.24) is 14.9 Å². The van der Waals surface area contributed by atoms with Gasteiger partial charge in [0.05, 0.1) is 24.2 Å². The Balaban J connectivity index is 1.28. The lowest BCUT2D eigenvalue weighted by molar-refractivity contribution is -0.123. The Morgan fingerprint density at radius 3 is 2.37 bits per heavy atom. The molecule has 0 unspecified atom stereocenters. The van der Waals surface area contributed by atoms with Crippen LogP contribution in [0.1, 0.15) is 44.0 Å². The predicted molar refractivity (Wildman–Crippen MR) is 139 cm³/mol. The molecule has 0 aliphatic carbocycles. The van der Waals surface area contributed by atoms with E-state index in [0.717, 1.165) is 42.0 Å². The van der Waals surface area contributed by atoms with Crippen LogP contribution in [0.4, 0.5) is 0 Å². The average Bonchev–Trinajstić information content (AvgIpc) is 3.24. The fourth-order valence-electron chi connectivity index (χ4n) is 3.92. The molecule has 0 saturated carbocycles. The summed E-state index contributed by atoms with van der Waals surface area (Å²) in [7, 11) is 0. The molecule has 0 spiro atoms. The van der Waals surface area contributed by atoms with Crippen molar-refractivity contribution in [2.75, 3.05) is 13.2 Å². The summed E-state index contributed by atoms with van der Waals surface area (Å²) in [5.74, 6) is 2.76. The van der Waals surface area contributed by atoms with E-state index >= 15 is 0 Å². The number of fused-ring (bicyclic) bond motifs is 1. The Kier molecular flexibility index (Phi) is 8.39. The van der Waals surface area contributed by atoms with Crippen LogP contribution in [-0.2, 0) is 17.9 Å². The molecule has 0 bridgehead atoms. The second-order valence-corrected chi connectivity index (χ2v) is 8.83. The lowest BCUT2D eigenvalue weighted by Gasteiger charge is -2.12. The molecule has 35 heavy (non-hydrogen) atoms. The third kappa shape index (κ3) is 6.85. The zero-order valence-electron chi connectivity index (χ0n) is 20.4. The van der Waals surface area contributed by atoms with E-state index in [4.69, 9.17) is 14.5 Å². The minimum Gasteiger partial charge on any atom is -0.494 e. The number of aryl methyl sites for hydroxylation is 1. The van der Waals surface area contributed by atoms with Crippen LogP contribution in [0.3, 0.4) is 0 Å². The van der Waals surface area contributed by atoms with Crippen LogP contribution in [0.2, 0.25) is 0 Å². The average molecular weight is 472 g/mol. The number of para-hydroxylation sites is 3. The van der Waals surface area contributed by atoms with Gasteiger partial charge >= 0.3 is 0 Å². The van der Waals surface area contributed by atoms with Gasteiger partial charge in [0.15, 0.2) is 6.61 Å². The number of nitrogens with zero attached hydrogens (tertiary/aromatic N) is 2. The van der Waals surface area contributed by atoms with E-state index in [0.29, 0.717) is 24.8 Å². The lowest BCUT2D eigenvalue weighted by Crippen LogP contribution is -2.29. The lowest BCUT2D eigenvalue weighted by atomic mass is 10.0. The van der Waals surface area contributed by atoms with Crippen molar-refractivity contribution in [3.05, 3.63) is 90.3 Å². The number of aromatic nitrogens is 2. The van der Waals surface area contributed by atoms with Crippen LogP contribution >= 0.6 is 0 Å². The molecular formula is C29H33N3O3. The van der Waals surface area contributed by atoms with Gasteiger partial charge in [-0.15, -0.1) is 0 Å². The van der Waals surface area contributed by atoms with Crippen molar-refractivity contribution in [1.29, 1.82) is 0 Å². The Labute approximate surface area is 206 Å². The van der Waals surface area contributed by atoms with Gasteiger partial charge in [-0.25, -0.2) is 4.98 Å². The number of hydrogen-bond donors (Lipinski definition) is 1. The first-order chi connectivity index (χ1) is 17.1. The van der Waals surface area contributed by atoms with Crippen molar-refractivity contribution >= 4 is 16.9 Å². The van der Waals surface area contributed by atoms with Gasteiger partial charge in [-0.2, -0.15) is 0 Å². The zero-order chi connectivity index (χ0) is 24.5. The molecule has 0 radical (unpaired) electrons. The van der Waals surface area contributed by atoms with Crippen molar-refractivity contribution in [3.63, 3.8) is 0 Å². The molecule has 4 aromatic rings.